The number of carbonyl (C=O) groups is 2. The minimum atomic E-state index is -0.505. The molecule has 166 valence electrons. The third kappa shape index (κ3) is 4.17. The first-order valence-electron chi connectivity index (χ1n) is 10.0. The molecule has 0 fully saturated rings. The lowest BCUT2D eigenvalue weighted by Crippen LogP contribution is -2.19. The lowest BCUT2D eigenvalue weighted by molar-refractivity contribution is 0.0600. The Kier molecular flexibility index (Phi) is 6.38. The summed E-state index contributed by atoms with van der Waals surface area (Å²) in [5.74, 6) is -0.227. The molecule has 2 aromatic heterocycles. The van der Waals surface area contributed by atoms with Crippen LogP contribution in [0, 0.1) is 0 Å². The molecule has 0 radical (unpaired) electrons. The van der Waals surface area contributed by atoms with Gasteiger partial charge in [-0.2, -0.15) is 4.99 Å². The van der Waals surface area contributed by atoms with Gasteiger partial charge in [-0.15, -0.1) is 0 Å². The summed E-state index contributed by atoms with van der Waals surface area (Å²) in [6.07, 6.45) is 0. The van der Waals surface area contributed by atoms with Crippen molar-refractivity contribution in [3.05, 3.63) is 58.6 Å². The van der Waals surface area contributed by atoms with E-state index in [0.717, 1.165) is 15.6 Å². The second-order valence-electron chi connectivity index (χ2n) is 6.84. The molecule has 0 atom stereocenters. The number of esters is 1. The number of methoxy groups -OCH3 is 2. The number of benzene rings is 2. The average molecular weight is 455 g/mol. The van der Waals surface area contributed by atoms with Gasteiger partial charge >= 0.3 is 11.9 Å². The standard InChI is InChI=1S/C23H22N2O6S/c1-4-30-17-7-5-6-14-12-18(31-20(14)17)21(26)24-23-25(10-11-28-2)16-9-8-15(22(27)29-3)13-19(16)32-23/h5-9,12-13H,4,10-11H2,1-3H3. The highest BCUT2D eigenvalue weighted by molar-refractivity contribution is 7.16. The molecule has 0 spiro atoms. The number of furan rings is 1. The van der Waals surface area contributed by atoms with Crippen molar-refractivity contribution in [1.82, 2.24) is 4.57 Å². The summed E-state index contributed by atoms with van der Waals surface area (Å²) in [6, 6.07) is 12.4. The molecule has 0 aliphatic carbocycles. The highest BCUT2D eigenvalue weighted by atomic mass is 32.1. The van der Waals surface area contributed by atoms with Crippen LogP contribution in [0.2, 0.25) is 0 Å². The fourth-order valence-electron chi connectivity index (χ4n) is 3.35. The van der Waals surface area contributed by atoms with Crippen molar-refractivity contribution in [2.45, 2.75) is 13.5 Å². The maximum Gasteiger partial charge on any atom is 0.337 e. The van der Waals surface area contributed by atoms with Crippen LogP contribution < -0.4 is 9.54 Å². The number of ether oxygens (including phenoxy) is 3. The third-order valence-corrected chi connectivity index (χ3v) is 5.88. The van der Waals surface area contributed by atoms with Crippen LogP contribution in [0.25, 0.3) is 21.2 Å². The number of amides is 1. The molecule has 9 heteroatoms. The van der Waals surface area contributed by atoms with Gasteiger partial charge in [-0.3, -0.25) is 4.79 Å². The summed E-state index contributed by atoms with van der Waals surface area (Å²) in [7, 11) is 2.94. The smallest absolute Gasteiger partial charge is 0.337 e. The summed E-state index contributed by atoms with van der Waals surface area (Å²) in [4.78, 5) is 29.7. The van der Waals surface area contributed by atoms with Gasteiger partial charge in [0, 0.05) is 19.0 Å². The summed E-state index contributed by atoms with van der Waals surface area (Å²) in [5, 5.41) is 0.765. The Hall–Kier alpha value is -3.43. The largest absolute Gasteiger partial charge is 0.490 e. The molecule has 1 amide bonds. The molecule has 0 N–H and O–H groups in total. The zero-order valence-electron chi connectivity index (χ0n) is 17.9. The van der Waals surface area contributed by atoms with Crippen molar-refractivity contribution in [2.75, 3.05) is 27.4 Å². The van der Waals surface area contributed by atoms with E-state index in [0.29, 0.717) is 41.5 Å². The Bertz CT molecular complexity index is 1360. The number of hydrogen-bond donors (Lipinski definition) is 0. The van der Waals surface area contributed by atoms with Crippen LogP contribution in [0.3, 0.4) is 0 Å². The molecule has 4 aromatic rings. The number of rotatable bonds is 7. The first-order valence-corrected chi connectivity index (χ1v) is 10.8. The van der Waals surface area contributed by atoms with Crippen LogP contribution in [0.1, 0.15) is 27.8 Å². The average Bonchev–Trinajstić information content (AvgIpc) is 3.38. The van der Waals surface area contributed by atoms with E-state index in [4.69, 9.17) is 18.6 Å². The molecule has 8 nitrogen and oxygen atoms in total. The normalized spacial score (nSPS) is 11.9. The fraction of sp³-hybridized carbons (Fsp3) is 0.261. The molecular formula is C23H22N2O6S. The highest BCUT2D eigenvalue weighted by Gasteiger charge is 2.16. The van der Waals surface area contributed by atoms with Crippen molar-refractivity contribution in [3.63, 3.8) is 0 Å². The van der Waals surface area contributed by atoms with Gasteiger partial charge in [-0.05, 0) is 37.3 Å². The second-order valence-corrected chi connectivity index (χ2v) is 7.85. The summed E-state index contributed by atoms with van der Waals surface area (Å²) >= 11 is 1.30. The Balaban J connectivity index is 1.79. The lowest BCUT2D eigenvalue weighted by Gasteiger charge is -2.04. The van der Waals surface area contributed by atoms with Gasteiger partial charge < -0.3 is 23.2 Å². The van der Waals surface area contributed by atoms with Crippen molar-refractivity contribution in [3.8, 4) is 5.75 Å². The molecule has 32 heavy (non-hydrogen) atoms. The number of carbonyl (C=O) groups excluding carboxylic acids is 2. The number of thiazole rings is 1. The number of fused-ring (bicyclic) bond motifs is 2. The predicted octanol–water partition coefficient (Wildman–Crippen LogP) is 4.02. The first kappa shape index (κ1) is 21.8. The lowest BCUT2D eigenvalue weighted by atomic mass is 10.2. The topological polar surface area (TPSA) is 92.3 Å². The van der Waals surface area contributed by atoms with E-state index in [9.17, 15) is 9.59 Å². The van der Waals surface area contributed by atoms with Crippen molar-refractivity contribution >= 4 is 44.4 Å². The third-order valence-electron chi connectivity index (χ3n) is 4.84. The summed E-state index contributed by atoms with van der Waals surface area (Å²) < 4.78 is 24.1. The molecular weight excluding hydrogens is 432 g/mol. The monoisotopic (exact) mass is 454 g/mol. The Labute approximate surface area is 187 Å². The number of hydrogen-bond acceptors (Lipinski definition) is 7. The van der Waals surface area contributed by atoms with Crippen molar-refractivity contribution < 1.29 is 28.2 Å². The Morgan fingerprint density at radius 3 is 2.75 bits per heavy atom. The van der Waals surface area contributed by atoms with Crippen LogP contribution in [0.4, 0.5) is 0 Å². The van der Waals surface area contributed by atoms with E-state index in [1.807, 2.05) is 29.7 Å². The Morgan fingerprint density at radius 1 is 1.16 bits per heavy atom. The number of para-hydroxylation sites is 1. The van der Waals surface area contributed by atoms with Gasteiger partial charge in [0.05, 0.1) is 36.1 Å². The molecule has 0 unspecified atom stereocenters. The molecule has 0 saturated carbocycles. The minimum absolute atomic E-state index is 0.123. The van der Waals surface area contributed by atoms with E-state index < -0.39 is 11.9 Å². The maximum atomic E-state index is 13.0. The number of nitrogens with zero attached hydrogens (tertiary/aromatic N) is 2. The van der Waals surface area contributed by atoms with Crippen LogP contribution >= 0.6 is 11.3 Å². The maximum absolute atomic E-state index is 13.0. The van der Waals surface area contributed by atoms with Gasteiger partial charge in [-0.25, -0.2) is 4.79 Å². The van der Waals surface area contributed by atoms with E-state index >= 15 is 0 Å². The zero-order chi connectivity index (χ0) is 22.7. The van der Waals surface area contributed by atoms with Gasteiger partial charge in [-0.1, -0.05) is 23.5 Å². The van der Waals surface area contributed by atoms with E-state index in [2.05, 4.69) is 4.99 Å². The Morgan fingerprint density at radius 2 is 2.00 bits per heavy atom. The molecule has 2 heterocycles. The quantitative estimate of drug-likeness (QED) is 0.392. The van der Waals surface area contributed by atoms with Crippen molar-refractivity contribution in [2.24, 2.45) is 4.99 Å². The van der Waals surface area contributed by atoms with Gasteiger partial charge in [0.25, 0.3) is 0 Å². The molecule has 2 aromatic carbocycles. The van der Waals surface area contributed by atoms with Crippen LogP contribution in [-0.2, 0) is 16.0 Å². The molecule has 4 rings (SSSR count). The highest BCUT2D eigenvalue weighted by Crippen LogP contribution is 2.29. The van der Waals surface area contributed by atoms with Crippen LogP contribution in [-0.4, -0.2) is 43.9 Å². The van der Waals surface area contributed by atoms with Crippen LogP contribution in [0.15, 0.2) is 51.9 Å². The second kappa shape index (κ2) is 9.37. The van der Waals surface area contributed by atoms with Crippen LogP contribution in [0.5, 0.6) is 5.75 Å². The minimum Gasteiger partial charge on any atom is -0.490 e. The molecule has 0 bridgehead atoms. The number of aromatic nitrogens is 1. The van der Waals surface area contributed by atoms with Gasteiger partial charge in [0.2, 0.25) is 0 Å². The summed E-state index contributed by atoms with van der Waals surface area (Å²) in [6.45, 7) is 3.31. The van der Waals surface area contributed by atoms with Crippen molar-refractivity contribution in [1.29, 1.82) is 0 Å². The summed E-state index contributed by atoms with van der Waals surface area (Å²) in [5.41, 5.74) is 1.78. The molecule has 0 aliphatic heterocycles. The van der Waals surface area contributed by atoms with E-state index in [1.54, 1.807) is 31.4 Å². The predicted molar refractivity (Wildman–Crippen MR) is 120 cm³/mol. The SMILES string of the molecule is CCOc1cccc2cc(C(=O)N=c3sc4cc(C(=O)OC)ccc4n3CCOC)oc12. The van der Waals surface area contributed by atoms with Gasteiger partial charge in [0.15, 0.2) is 21.9 Å². The van der Waals surface area contributed by atoms with Gasteiger partial charge in [0.1, 0.15) is 0 Å². The fourth-order valence-corrected chi connectivity index (χ4v) is 4.45. The zero-order valence-corrected chi connectivity index (χ0v) is 18.7. The molecule has 0 aliphatic rings. The first-order chi connectivity index (χ1) is 15.5. The van der Waals surface area contributed by atoms with E-state index in [1.165, 1.54) is 18.4 Å². The van der Waals surface area contributed by atoms with E-state index in [-0.39, 0.29) is 5.76 Å². The molecule has 0 saturated heterocycles.